The molecule has 0 aromatic carbocycles. The lowest BCUT2D eigenvalue weighted by atomic mass is 10.1. The van der Waals surface area contributed by atoms with Crippen LogP contribution in [0.5, 0.6) is 0 Å². The van der Waals surface area contributed by atoms with Crippen LogP contribution >= 0.6 is 11.3 Å². The molecule has 0 saturated carbocycles. The van der Waals surface area contributed by atoms with E-state index in [1.807, 2.05) is 25.9 Å². The second-order valence-corrected chi connectivity index (χ2v) is 8.93. The lowest BCUT2D eigenvalue weighted by molar-refractivity contribution is 0.0701. The SMILES string of the molecule is Cc1cc(S(=O)(=O)N2CC(C)C(N(C)C)C2)sc1C(=O)O. The second-order valence-electron chi connectivity index (χ2n) is 5.71. The van der Waals surface area contributed by atoms with Crippen molar-refractivity contribution in [2.24, 2.45) is 5.92 Å². The lowest BCUT2D eigenvalue weighted by Crippen LogP contribution is -2.35. The summed E-state index contributed by atoms with van der Waals surface area (Å²) in [5.74, 6) is -0.838. The number of hydrogen-bond acceptors (Lipinski definition) is 5. The first-order valence-electron chi connectivity index (χ1n) is 6.65. The Morgan fingerprint density at radius 2 is 2.05 bits per heavy atom. The quantitative estimate of drug-likeness (QED) is 0.900. The van der Waals surface area contributed by atoms with Gasteiger partial charge in [0.1, 0.15) is 9.09 Å². The van der Waals surface area contributed by atoms with E-state index in [4.69, 9.17) is 5.11 Å². The van der Waals surface area contributed by atoms with Gasteiger partial charge in [-0.05, 0) is 38.6 Å². The highest BCUT2D eigenvalue weighted by molar-refractivity contribution is 7.91. The average molecular weight is 332 g/mol. The molecule has 0 spiro atoms. The van der Waals surface area contributed by atoms with Crippen molar-refractivity contribution in [3.05, 3.63) is 16.5 Å². The van der Waals surface area contributed by atoms with E-state index in [1.54, 1.807) is 6.92 Å². The molecule has 118 valence electrons. The molecule has 8 heteroatoms. The predicted octanol–water partition coefficient (Wildman–Crippen LogP) is 1.33. The van der Waals surface area contributed by atoms with E-state index in [2.05, 4.69) is 0 Å². The zero-order valence-electron chi connectivity index (χ0n) is 12.5. The van der Waals surface area contributed by atoms with Gasteiger partial charge in [-0.15, -0.1) is 11.3 Å². The molecule has 21 heavy (non-hydrogen) atoms. The number of carbonyl (C=O) groups is 1. The number of likely N-dealkylation sites (N-methyl/N-ethyl adjacent to an activating group) is 1. The third-order valence-electron chi connectivity index (χ3n) is 3.89. The van der Waals surface area contributed by atoms with Crippen LogP contribution < -0.4 is 0 Å². The normalized spacial score (nSPS) is 23.9. The van der Waals surface area contributed by atoms with E-state index in [0.29, 0.717) is 18.7 Å². The first kappa shape index (κ1) is 16.4. The van der Waals surface area contributed by atoms with Crippen LogP contribution in [-0.2, 0) is 10.0 Å². The topological polar surface area (TPSA) is 77.9 Å². The molecule has 2 atom stereocenters. The second kappa shape index (κ2) is 5.68. The summed E-state index contributed by atoms with van der Waals surface area (Å²) in [7, 11) is 0.268. The van der Waals surface area contributed by atoms with Crippen LogP contribution in [0.1, 0.15) is 22.2 Å². The molecule has 0 bridgehead atoms. The highest BCUT2D eigenvalue weighted by atomic mass is 32.2. The van der Waals surface area contributed by atoms with Crippen molar-refractivity contribution < 1.29 is 18.3 Å². The van der Waals surface area contributed by atoms with E-state index in [1.165, 1.54) is 10.4 Å². The van der Waals surface area contributed by atoms with Crippen LogP contribution in [0.2, 0.25) is 0 Å². The number of carboxylic acids is 1. The Morgan fingerprint density at radius 1 is 1.43 bits per heavy atom. The maximum atomic E-state index is 12.7. The molecule has 1 fully saturated rings. The first-order chi connectivity index (χ1) is 9.64. The molecule has 1 aromatic heterocycles. The highest BCUT2D eigenvalue weighted by Gasteiger charge is 2.39. The first-order valence-corrected chi connectivity index (χ1v) is 8.90. The number of hydrogen-bond donors (Lipinski definition) is 1. The van der Waals surface area contributed by atoms with Gasteiger partial charge in [0.05, 0.1) is 0 Å². The fourth-order valence-electron chi connectivity index (χ4n) is 2.69. The summed E-state index contributed by atoms with van der Waals surface area (Å²) in [5, 5.41) is 9.06. The molecule has 2 heterocycles. The van der Waals surface area contributed by atoms with Gasteiger partial charge < -0.3 is 10.0 Å². The van der Waals surface area contributed by atoms with Gasteiger partial charge in [-0.3, -0.25) is 0 Å². The van der Waals surface area contributed by atoms with Crippen LogP contribution in [0.3, 0.4) is 0 Å². The van der Waals surface area contributed by atoms with Crippen LogP contribution in [0.25, 0.3) is 0 Å². The Kier molecular flexibility index (Phi) is 4.44. The Bertz CT molecular complexity index is 651. The van der Waals surface area contributed by atoms with E-state index in [0.717, 1.165) is 11.3 Å². The van der Waals surface area contributed by atoms with E-state index in [-0.39, 0.29) is 21.0 Å². The molecule has 0 amide bonds. The van der Waals surface area contributed by atoms with E-state index < -0.39 is 16.0 Å². The van der Waals surface area contributed by atoms with Crippen molar-refractivity contribution in [2.45, 2.75) is 24.1 Å². The molecule has 1 aliphatic heterocycles. The van der Waals surface area contributed by atoms with E-state index >= 15 is 0 Å². The molecule has 6 nitrogen and oxygen atoms in total. The molecule has 2 rings (SSSR count). The van der Waals surface area contributed by atoms with Crippen molar-refractivity contribution in [3.8, 4) is 0 Å². The van der Waals surface area contributed by atoms with Gasteiger partial charge in [-0.2, -0.15) is 4.31 Å². The van der Waals surface area contributed by atoms with Crippen molar-refractivity contribution in [3.63, 3.8) is 0 Å². The summed E-state index contributed by atoms with van der Waals surface area (Å²) in [6.07, 6.45) is 0. The molecule has 2 unspecified atom stereocenters. The van der Waals surface area contributed by atoms with Crippen LogP contribution in [0.4, 0.5) is 0 Å². The number of carboxylic acid groups (broad SMARTS) is 1. The molecule has 1 aliphatic rings. The predicted molar refractivity (Wildman–Crippen MR) is 81.4 cm³/mol. The minimum Gasteiger partial charge on any atom is -0.477 e. The molecule has 1 aromatic rings. The third-order valence-corrected chi connectivity index (χ3v) is 7.39. The van der Waals surface area contributed by atoms with Gasteiger partial charge in [-0.25, -0.2) is 13.2 Å². The number of aryl methyl sites for hydroxylation is 1. The van der Waals surface area contributed by atoms with Crippen LogP contribution in [-0.4, -0.2) is 61.9 Å². The Hall–Kier alpha value is -0.960. The minimum absolute atomic E-state index is 0.0879. The molecule has 1 N–H and O–H groups in total. The van der Waals surface area contributed by atoms with Gasteiger partial charge in [-0.1, -0.05) is 6.92 Å². The number of nitrogens with zero attached hydrogens (tertiary/aromatic N) is 2. The largest absolute Gasteiger partial charge is 0.477 e. The fraction of sp³-hybridized carbons (Fsp3) is 0.615. The van der Waals surface area contributed by atoms with E-state index in [9.17, 15) is 13.2 Å². The van der Waals surface area contributed by atoms with Crippen molar-refractivity contribution in [2.75, 3.05) is 27.2 Å². The third kappa shape index (κ3) is 2.98. The summed E-state index contributed by atoms with van der Waals surface area (Å²) < 4.78 is 26.9. The fourth-order valence-corrected chi connectivity index (χ4v) is 5.79. The van der Waals surface area contributed by atoms with Gasteiger partial charge in [0.15, 0.2) is 0 Å². The summed E-state index contributed by atoms with van der Waals surface area (Å²) in [6, 6.07) is 1.64. The zero-order chi connectivity index (χ0) is 15.9. The Labute approximate surface area is 129 Å². The van der Waals surface area contributed by atoms with Gasteiger partial charge in [0, 0.05) is 19.1 Å². The maximum absolute atomic E-state index is 12.7. The highest BCUT2D eigenvalue weighted by Crippen LogP contribution is 2.32. The molecule has 0 radical (unpaired) electrons. The Morgan fingerprint density at radius 3 is 2.48 bits per heavy atom. The van der Waals surface area contributed by atoms with Gasteiger partial charge >= 0.3 is 5.97 Å². The lowest BCUT2D eigenvalue weighted by Gasteiger charge is -2.22. The van der Waals surface area contributed by atoms with Crippen LogP contribution in [0, 0.1) is 12.8 Å². The number of rotatable bonds is 4. The molecular weight excluding hydrogens is 312 g/mol. The number of sulfonamides is 1. The molecule has 1 saturated heterocycles. The molecule has 0 aliphatic carbocycles. The standard InChI is InChI=1S/C13H20N2O4S2/c1-8-5-11(20-12(8)13(16)17)21(18,19)15-6-9(2)10(7-15)14(3)4/h5,9-10H,6-7H2,1-4H3,(H,16,17). The number of aromatic carboxylic acids is 1. The summed E-state index contributed by atoms with van der Waals surface area (Å²) in [6.45, 7) is 4.55. The van der Waals surface area contributed by atoms with Gasteiger partial charge in [0.2, 0.25) is 0 Å². The Balaban J connectivity index is 2.31. The zero-order valence-corrected chi connectivity index (χ0v) is 14.2. The summed E-state index contributed by atoms with van der Waals surface area (Å²) in [4.78, 5) is 13.2. The van der Waals surface area contributed by atoms with Crippen molar-refractivity contribution in [1.82, 2.24) is 9.21 Å². The monoisotopic (exact) mass is 332 g/mol. The minimum atomic E-state index is -3.61. The van der Waals surface area contributed by atoms with Gasteiger partial charge in [0.25, 0.3) is 10.0 Å². The smallest absolute Gasteiger partial charge is 0.346 e. The summed E-state index contributed by atoms with van der Waals surface area (Å²) in [5.41, 5.74) is 0.488. The van der Waals surface area contributed by atoms with Crippen LogP contribution in [0.15, 0.2) is 10.3 Å². The average Bonchev–Trinajstić information content (AvgIpc) is 2.93. The van der Waals surface area contributed by atoms with Crippen molar-refractivity contribution >= 4 is 27.3 Å². The van der Waals surface area contributed by atoms with Crippen molar-refractivity contribution in [1.29, 1.82) is 0 Å². The maximum Gasteiger partial charge on any atom is 0.346 e. The number of thiophene rings is 1. The summed E-state index contributed by atoms with van der Waals surface area (Å²) >= 11 is 0.829. The molecular formula is C13H20N2O4S2.